The molecule has 2 rings (SSSR count). The van der Waals surface area contributed by atoms with Crippen molar-refractivity contribution in [2.24, 2.45) is 0 Å². The molecule has 110 valence electrons. The summed E-state index contributed by atoms with van der Waals surface area (Å²) in [5.41, 5.74) is -0.321. The van der Waals surface area contributed by atoms with Crippen LogP contribution in [-0.4, -0.2) is 32.4 Å². The van der Waals surface area contributed by atoms with Gasteiger partial charge < -0.3 is 25.4 Å². The van der Waals surface area contributed by atoms with E-state index >= 15 is 0 Å². The van der Waals surface area contributed by atoms with Crippen LogP contribution < -0.4 is 10.6 Å². The van der Waals surface area contributed by atoms with Gasteiger partial charge in [-0.2, -0.15) is 4.98 Å². The highest BCUT2D eigenvalue weighted by Gasteiger charge is 2.14. The molecular formula is C12H12N4O5. The van der Waals surface area contributed by atoms with Crippen molar-refractivity contribution in [1.82, 2.24) is 15.5 Å². The van der Waals surface area contributed by atoms with Crippen LogP contribution in [0.25, 0.3) is 0 Å². The number of benzene rings is 1. The Labute approximate surface area is 118 Å². The quantitative estimate of drug-likeness (QED) is 0.619. The second kappa shape index (κ2) is 5.90. The lowest BCUT2D eigenvalue weighted by Crippen LogP contribution is -2.28. The number of aromatic nitrogens is 2. The number of para-hydroxylation sites is 1. The van der Waals surface area contributed by atoms with Crippen molar-refractivity contribution in [2.75, 3.05) is 5.32 Å². The van der Waals surface area contributed by atoms with E-state index in [-0.39, 0.29) is 17.8 Å². The molecule has 21 heavy (non-hydrogen) atoms. The number of anilines is 1. The molecule has 0 atom stereocenters. The summed E-state index contributed by atoms with van der Waals surface area (Å²) in [4.78, 5) is 26.4. The molecule has 0 radical (unpaired) electrons. The number of urea groups is 1. The summed E-state index contributed by atoms with van der Waals surface area (Å²) in [6.07, 6.45) is 0. The maximum atomic E-state index is 11.7. The van der Waals surface area contributed by atoms with Crippen molar-refractivity contribution in [3.8, 4) is 5.75 Å². The lowest BCUT2D eigenvalue weighted by Gasteiger charge is -2.09. The van der Waals surface area contributed by atoms with Crippen molar-refractivity contribution in [3.63, 3.8) is 0 Å². The van der Waals surface area contributed by atoms with Crippen LogP contribution in [0.4, 0.5) is 10.5 Å². The zero-order chi connectivity index (χ0) is 15.4. The smallest absolute Gasteiger partial charge is 0.339 e. The highest BCUT2D eigenvalue weighted by atomic mass is 16.5. The van der Waals surface area contributed by atoms with Gasteiger partial charge in [0, 0.05) is 6.92 Å². The number of amides is 2. The van der Waals surface area contributed by atoms with E-state index in [9.17, 15) is 14.7 Å². The number of carboxylic acid groups (broad SMARTS) is 1. The van der Waals surface area contributed by atoms with Gasteiger partial charge in [-0.3, -0.25) is 0 Å². The third kappa shape index (κ3) is 3.47. The molecule has 9 heteroatoms. The first-order valence-corrected chi connectivity index (χ1v) is 5.86. The minimum atomic E-state index is -1.29. The Morgan fingerprint density at radius 1 is 1.38 bits per heavy atom. The molecule has 0 unspecified atom stereocenters. The molecule has 1 aromatic carbocycles. The van der Waals surface area contributed by atoms with Crippen LogP contribution in [0.5, 0.6) is 5.75 Å². The number of aromatic carboxylic acids is 1. The first-order valence-electron chi connectivity index (χ1n) is 5.86. The van der Waals surface area contributed by atoms with Crippen LogP contribution in [0.2, 0.25) is 0 Å². The summed E-state index contributed by atoms with van der Waals surface area (Å²) in [6.45, 7) is 1.65. The standard InChI is InChI=1S/C12H12N4O5/c1-6-14-9(16-21-6)5-13-12(20)15-8-4-2-3-7(10(8)17)11(18)19/h2-4,17H,5H2,1H3,(H,18,19)(H2,13,15,20). The lowest BCUT2D eigenvalue weighted by molar-refractivity contribution is 0.0693. The molecule has 2 amide bonds. The fourth-order valence-corrected chi connectivity index (χ4v) is 1.56. The van der Waals surface area contributed by atoms with Gasteiger partial charge in [-0.15, -0.1) is 0 Å². The predicted molar refractivity (Wildman–Crippen MR) is 70.0 cm³/mol. The molecule has 1 aromatic heterocycles. The largest absolute Gasteiger partial charge is 0.505 e. The number of phenols is 1. The molecule has 0 saturated carbocycles. The summed E-state index contributed by atoms with van der Waals surface area (Å²) in [7, 11) is 0. The zero-order valence-corrected chi connectivity index (χ0v) is 11.0. The summed E-state index contributed by atoms with van der Waals surface area (Å²) < 4.78 is 4.74. The Hall–Kier alpha value is -3.10. The number of nitrogens with zero attached hydrogens (tertiary/aromatic N) is 2. The van der Waals surface area contributed by atoms with Crippen molar-refractivity contribution in [2.45, 2.75) is 13.5 Å². The maximum absolute atomic E-state index is 11.7. The summed E-state index contributed by atoms with van der Waals surface area (Å²) in [5, 5.41) is 27.0. The fourth-order valence-electron chi connectivity index (χ4n) is 1.56. The molecule has 4 N–H and O–H groups in total. The molecule has 1 heterocycles. The highest BCUT2D eigenvalue weighted by molar-refractivity contribution is 5.97. The van der Waals surface area contributed by atoms with Gasteiger partial charge in [-0.05, 0) is 12.1 Å². The number of carbonyl (C=O) groups is 2. The van der Waals surface area contributed by atoms with E-state index in [4.69, 9.17) is 9.63 Å². The van der Waals surface area contributed by atoms with Gasteiger partial charge in [0.15, 0.2) is 11.6 Å². The molecule has 0 aliphatic carbocycles. The van der Waals surface area contributed by atoms with Crippen LogP contribution in [0.3, 0.4) is 0 Å². The Bertz CT molecular complexity index is 682. The molecule has 2 aromatic rings. The van der Waals surface area contributed by atoms with Gasteiger partial charge >= 0.3 is 12.0 Å². The number of hydrogen-bond donors (Lipinski definition) is 4. The second-order valence-corrected chi connectivity index (χ2v) is 4.04. The topological polar surface area (TPSA) is 138 Å². The number of aromatic hydroxyl groups is 1. The van der Waals surface area contributed by atoms with Crippen LogP contribution in [0.15, 0.2) is 22.7 Å². The van der Waals surface area contributed by atoms with Gasteiger partial charge in [0.25, 0.3) is 0 Å². The maximum Gasteiger partial charge on any atom is 0.339 e. The molecule has 0 bridgehead atoms. The number of aryl methyl sites for hydroxylation is 1. The van der Waals surface area contributed by atoms with Gasteiger partial charge in [0.1, 0.15) is 5.56 Å². The highest BCUT2D eigenvalue weighted by Crippen LogP contribution is 2.27. The predicted octanol–water partition coefficient (Wildman–Crippen LogP) is 1.10. The van der Waals surface area contributed by atoms with Crippen LogP contribution in [-0.2, 0) is 6.54 Å². The number of carboxylic acids is 1. The van der Waals surface area contributed by atoms with Crippen molar-refractivity contribution in [1.29, 1.82) is 0 Å². The first-order chi connectivity index (χ1) is 9.97. The van der Waals surface area contributed by atoms with E-state index < -0.39 is 17.7 Å². The Morgan fingerprint density at radius 3 is 2.76 bits per heavy atom. The Kier molecular flexibility index (Phi) is 4.02. The van der Waals surface area contributed by atoms with Crippen LogP contribution in [0.1, 0.15) is 22.1 Å². The average molecular weight is 292 g/mol. The van der Waals surface area contributed by atoms with E-state index in [1.54, 1.807) is 6.92 Å². The van der Waals surface area contributed by atoms with E-state index in [1.165, 1.54) is 18.2 Å². The van der Waals surface area contributed by atoms with Gasteiger partial charge in [-0.1, -0.05) is 11.2 Å². The molecule has 0 aliphatic rings. The third-order valence-corrected chi connectivity index (χ3v) is 2.49. The van der Waals surface area contributed by atoms with Gasteiger partial charge in [0.2, 0.25) is 5.89 Å². The molecule has 0 aliphatic heterocycles. The van der Waals surface area contributed by atoms with E-state index in [0.717, 1.165) is 0 Å². The van der Waals surface area contributed by atoms with Crippen molar-refractivity contribution < 1.29 is 24.3 Å². The first kappa shape index (κ1) is 14.3. The molecular weight excluding hydrogens is 280 g/mol. The second-order valence-electron chi connectivity index (χ2n) is 4.04. The minimum Gasteiger partial charge on any atom is -0.505 e. The molecule has 0 spiro atoms. The third-order valence-electron chi connectivity index (χ3n) is 2.49. The van der Waals surface area contributed by atoms with Crippen LogP contribution >= 0.6 is 0 Å². The average Bonchev–Trinajstić information content (AvgIpc) is 2.84. The SMILES string of the molecule is Cc1nc(CNC(=O)Nc2cccc(C(=O)O)c2O)no1. The monoisotopic (exact) mass is 292 g/mol. The summed E-state index contributed by atoms with van der Waals surface area (Å²) >= 11 is 0. The van der Waals surface area contributed by atoms with Crippen LogP contribution in [0, 0.1) is 6.92 Å². The molecule has 0 fully saturated rings. The Morgan fingerprint density at radius 2 is 2.14 bits per heavy atom. The summed E-state index contributed by atoms with van der Waals surface area (Å²) in [6, 6.07) is 3.36. The van der Waals surface area contributed by atoms with E-state index in [1.807, 2.05) is 0 Å². The Balaban J connectivity index is 1.99. The lowest BCUT2D eigenvalue weighted by atomic mass is 10.2. The number of carbonyl (C=O) groups excluding carboxylic acids is 1. The number of rotatable bonds is 4. The van der Waals surface area contributed by atoms with E-state index in [0.29, 0.717) is 11.7 Å². The minimum absolute atomic E-state index is 0.0170. The number of hydrogen-bond acceptors (Lipinski definition) is 6. The zero-order valence-electron chi connectivity index (χ0n) is 11.0. The molecule has 9 nitrogen and oxygen atoms in total. The number of nitrogens with one attached hydrogen (secondary N) is 2. The van der Waals surface area contributed by atoms with Gasteiger partial charge in [-0.25, -0.2) is 9.59 Å². The fraction of sp³-hybridized carbons (Fsp3) is 0.167. The van der Waals surface area contributed by atoms with Gasteiger partial charge in [0.05, 0.1) is 12.2 Å². The molecule has 0 saturated heterocycles. The van der Waals surface area contributed by atoms with E-state index in [2.05, 4.69) is 20.8 Å². The normalized spacial score (nSPS) is 10.1. The van der Waals surface area contributed by atoms with Crippen molar-refractivity contribution >= 4 is 17.7 Å². The summed E-state index contributed by atoms with van der Waals surface area (Å²) in [5.74, 6) is -1.14. The van der Waals surface area contributed by atoms with Crippen molar-refractivity contribution in [3.05, 3.63) is 35.5 Å².